The number of aromatic nitrogens is 2. The van der Waals surface area contributed by atoms with E-state index in [1.54, 1.807) is 6.33 Å². The van der Waals surface area contributed by atoms with Gasteiger partial charge in [0, 0.05) is 15.5 Å². The number of hydrogen-bond acceptors (Lipinski definition) is 3. The Hall–Kier alpha value is -1.94. The maximum absolute atomic E-state index is 4.32. The fourth-order valence-electron chi connectivity index (χ4n) is 1.91. The molecule has 0 amide bonds. The minimum absolute atomic E-state index is 0.821. The minimum atomic E-state index is 0.821. The van der Waals surface area contributed by atoms with Crippen molar-refractivity contribution in [2.45, 2.75) is 6.92 Å². The Balaban J connectivity index is 2.03. The lowest BCUT2D eigenvalue weighted by molar-refractivity contribution is 1.22. The molecule has 0 radical (unpaired) electrons. The van der Waals surface area contributed by atoms with Crippen molar-refractivity contribution in [3.8, 4) is 0 Å². The van der Waals surface area contributed by atoms with Crippen LogP contribution in [0.15, 0.2) is 53.3 Å². The average molecular weight is 314 g/mol. The van der Waals surface area contributed by atoms with Crippen LogP contribution in [0.1, 0.15) is 5.56 Å². The van der Waals surface area contributed by atoms with E-state index < -0.39 is 0 Å². The third-order valence-electron chi connectivity index (χ3n) is 2.98. The van der Waals surface area contributed by atoms with Gasteiger partial charge < -0.3 is 5.32 Å². The molecule has 0 aliphatic rings. The number of benzene rings is 2. The van der Waals surface area contributed by atoms with E-state index >= 15 is 0 Å². The highest BCUT2D eigenvalue weighted by Gasteiger charge is 2.04. The van der Waals surface area contributed by atoms with E-state index in [4.69, 9.17) is 0 Å². The topological polar surface area (TPSA) is 37.8 Å². The van der Waals surface area contributed by atoms with Gasteiger partial charge in [0.1, 0.15) is 12.1 Å². The van der Waals surface area contributed by atoms with Gasteiger partial charge in [0.05, 0.1) is 5.52 Å². The lowest BCUT2D eigenvalue weighted by atomic mass is 10.2. The van der Waals surface area contributed by atoms with E-state index in [0.29, 0.717) is 0 Å². The first-order valence-electron chi connectivity index (χ1n) is 5.97. The van der Waals surface area contributed by atoms with E-state index in [-0.39, 0.29) is 0 Å². The summed E-state index contributed by atoms with van der Waals surface area (Å²) in [4.78, 5) is 8.57. The molecular weight excluding hydrogens is 302 g/mol. The lowest BCUT2D eigenvalue weighted by Crippen LogP contribution is -1.96. The zero-order valence-corrected chi connectivity index (χ0v) is 12.0. The molecule has 4 heteroatoms. The van der Waals surface area contributed by atoms with Crippen LogP contribution >= 0.6 is 15.9 Å². The van der Waals surface area contributed by atoms with Gasteiger partial charge in [-0.25, -0.2) is 9.97 Å². The van der Waals surface area contributed by atoms with Crippen LogP contribution in [0, 0.1) is 6.92 Å². The predicted octanol–water partition coefficient (Wildman–Crippen LogP) is 4.44. The van der Waals surface area contributed by atoms with Crippen molar-refractivity contribution in [2.24, 2.45) is 0 Å². The summed E-state index contributed by atoms with van der Waals surface area (Å²) in [5, 5.41) is 4.35. The molecule has 3 nitrogen and oxygen atoms in total. The predicted molar refractivity (Wildman–Crippen MR) is 81.7 cm³/mol. The summed E-state index contributed by atoms with van der Waals surface area (Å²) < 4.78 is 1.08. The fraction of sp³-hybridized carbons (Fsp3) is 0.0667. The van der Waals surface area contributed by atoms with E-state index in [9.17, 15) is 0 Å². The first-order valence-corrected chi connectivity index (χ1v) is 6.76. The largest absolute Gasteiger partial charge is 0.340 e. The summed E-state index contributed by atoms with van der Waals surface area (Å²) in [6.07, 6.45) is 1.58. The molecule has 0 saturated heterocycles. The number of anilines is 2. The Kier molecular flexibility index (Phi) is 3.17. The van der Waals surface area contributed by atoms with Gasteiger partial charge >= 0.3 is 0 Å². The zero-order valence-electron chi connectivity index (χ0n) is 10.4. The average Bonchev–Trinajstić information content (AvgIpc) is 2.43. The summed E-state index contributed by atoms with van der Waals surface area (Å²) >= 11 is 3.54. The van der Waals surface area contributed by atoms with Crippen molar-refractivity contribution in [3.05, 3.63) is 58.8 Å². The van der Waals surface area contributed by atoms with E-state index in [2.05, 4.69) is 44.2 Å². The number of aryl methyl sites for hydroxylation is 1. The monoisotopic (exact) mass is 313 g/mol. The number of rotatable bonds is 2. The van der Waals surface area contributed by atoms with Gasteiger partial charge in [0.2, 0.25) is 0 Å². The number of halogens is 1. The molecule has 1 N–H and O–H groups in total. The van der Waals surface area contributed by atoms with Gasteiger partial charge in [-0.15, -0.1) is 0 Å². The number of nitrogens with one attached hydrogen (secondary N) is 1. The van der Waals surface area contributed by atoms with Crippen molar-refractivity contribution in [2.75, 3.05) is 5.32 Å². The van der Waals surface area contributed by atoms with Crippen LogP contribution < -0.4 is 5.32 Å². The number of nitrogens with zero attached hydrogens (tertiary/aromatic N) is 2. The standard InChI is InChI=1S/C15H12BrN3/c1-10-6-7-11(8-13(10)16)19-15-12-4-2-3-5-14(12)17-9-18-15/h2-9H,1H3,(H,17,18,19). The molecule has 19 heavy (non-hydrogen) atoms. The van der Waals surface area contributed by atoms with Crippen LogP contribution in [0.2, 0.25) is 0 Å². The van der Waals surface area contributed by atoms with Crippen molar-refractivity contribution in [3.63, 3.8) is 0 Å². The van der Waals surface area contributed by atoms with Gasteiger partial charge in [-0.2, -0.15) is 0 Å². The van der Waals surface area contributed by atoms with E-state index in [1.165, 1.54) is 5.56 Å². The highest BCUT2D eigenvalue weighted by atomic mass is 79.9. The maximum atomic E-state index is 4.32. The zero-order chi connectivity index (χ0) is 13.2. The van der Waals surface area contributed by atoms with Gasteiger partial charge in [-0.3, -0.25) is 0 Å². The molecule has 3 aromatic rings. The highest BCUT2D eigenvalue weighted by Crippen LogP contribution is 2.26. The van der Waals surface area contributed by atoms with Crippen LogP contribution in [0.25, 0.3) is 10.9 Å². The number of fused-ring (bicyclic) bond motifs is 1. The quantitative estimate of drug-likeness (QED) is 0.759. The smallest absolute Gasteiger partial charge is 0.141 e. The molecule has 0 fully saturated rings. The SMILES string of the molecule is Cc1ccc(Nc2ncnc3ccccc23)cc1Br. The summed E-state index contributed by atoms with van der Waals surface area (Å²) in [5.41, 5.74) is 3.14. The summed E-state index contributed by atoms with van der Waals surface area (Å²) in [6.45, 7) is 2.06. The molecule has 0 bridgehead atoms. The van der Waals surface area contributed by atoms with Gasteiger partial charge in [0.25, 0.3) is 0 Å². The Labute approximate surface area is 119 Å². The Morgan fingerprint density at radius 3 is 2.74 bits per heavy atom. The minimum Gasteiger partial charge on any atom is -0.340 e. The first-order chi connectivity index (χ1) is 9.24. The van der Waals surface area contributed by atoms with Crippen LogP contribution in [0.3, 0.4) is 0 Å². The molecule has 0 atom stereocenters. The highest BCUT2D eigenvalue weighted by molar-refractivity contribution is 9.10. The second-order valence-electron chi connectivity index (χ2n) is 4.33. The van der Waals surface area contributed by atoms with Crippen molar-refractivity contribution >= 4 is 38.3 Å². The molecule has 0 unspecified atom stereocenters. The van der Waals surface area contributed by atoms with Crippen LogP contribution in [0.4, 0.5) is 11.5 Å². The third-order valence-corrected chi connectivity index (χ3v) is 3.83. The number of hydrogen-bond donors (Lipinski definition) is 1. The molecule has 0 aliphatic carbocycles. The molecule has 3 rings (SSSR count). The molecule has 0 spiro atoms. The van der Waals surface area contributed by atoms with E-state index in [1.807, 2.05) is 36.4 Å². The van der Waals surface area contributed by atoms with Crippen LogP contribution in [0.5, 0.6) is 0 Å². The van der Waals surface area contributed by atoms with Gasteiger partial charge in [0.15, 0.2) is 0 Å². The third kappa shape index (κ3) is 2.44. The fourth-order valence-corrected chi connectivity index (χ4v) is 2.29. The van der Waals surface area contributed by atoms with Crippen LogP contribution in [-0.4, -0.2) is 9.97 Å². The number of para-hydroxylation sites is 1. The Morgan fingerprint density at radius 1 is 1.05 bits per heavy atom. The lowest BCUT2D eigenvalue weighted by Gasteiger charge is -2.09. The van der Waals surface area contributed by atoms with Gasteiger partial charge in [-0.1, -0.05) is 34.1 Å². The molecule has 1 heterocycles. The van der Waals surface area contributed by atoms with Crippen molar-refractivity contribution in [1.82, 2.24) is 9.97 Å². The summed E-state index contributed by atoms with van der Waals surface area (Å²) in [6, 6.07) is 14.1. The Morgan fingerprint density at radius 2 is 1.89 bits per heavy atom. The normalized spacial score (nSPS) is 10.6. The van der Waals surface area contributed by atoms with Gasteiger partial charge in [-0.05, 0) is 36.8 Å². The first kappa shape index (κ1) is 12.1. The van der Waals surface area contributed by atoms with Crippen LogP contribution in [-0.2, 0) is 0 Å². The molecular formula is C15H12BrN3. The van der Waals surface area contributed by atoms with E-state index in [0.717, 1.165) is 26.9 Å². The summed E-state index contributed by atoms with van der Waals surface area (Å²) in [7, 11) is 0. The second kappa shape index (κ2) is 4.97. The van der Waals surface area contributed by atoms with Crippen molar-refractivity contribution < 1.29 is 0 Å². The maximum Gasteiger partial charge on any atom is 0.141 e. The molecule has 0 aliphatic heterocycles. The molecule has 0 saturated carbocycles. The molecule has 2 aromatic carbocycles. The molecule has 1 aromatic heterocycles. The summed E-state index contributed by atoms with van der Waals surface area (Å²) in [5.74, 6) is 0.821. The second-order valence-corrected chi connectivity index (χ2v) is 5.18. The van der Waals surface area contributed by atoms with Crippen molar-refractivity contribution in [1.29, 1.82) is 0 Å². The molecule has 94 valence electrons. The Bertz CT molecular complexity index is 735.